The van der Waals surface area contributed by atoms with E-state index >= 15 is 0 Å². The van der Waals surface area contributed by atoms with Crippen molar-refractivity contribution in [2.75, 3.05) is 20.2 Å². The standard InChI is InChI=1S/C21H26N2O.H2/c1-15-9-10-20(24-3)17(13-15)14-16(2)18-7-4-5-8-19(18)21-22-11-6-12-23-21;/h4-5,7-10,13,16H,6,11-12,14H2,1-3H3,(H,22,23);1H. The topological polar surface area (TPSA) is 33.6 Å². The van der Waals surface area contributed by atoms with Gasteiger partial charge in [-0.2, -0.15) is 0 Å². The molecule has 0 radical (unpaired) electrons. The van der Waals surface area contributed by atoms with Crippen molar-refractivity contribution in [2.24, 2.45) is 4.99 Å². The molecule has 0 bridgehead atoms. The summed E-state index contributed by atoms with van der Waals surface area (Å²) in [5.41, 5.74) is 5.11. The van der Waals surface area contributed by atoms with Crippen LogP contribution in [0.25, 0.3) is 0 Å². The van der Waals surface area contributed by atoms with E-state index in [-0.39, 0.29) is 1.43 Å². The van der Waals surface area contributed by atoms with Gasteiger partial charge in [-0.05, 0) is 42.9 Å². The van der Waals surface area contributed by atoms with Gasteiger partial charge in [-0.1, -0.05) is 48.9 Å². The molecule has 1 atom stereocenters. The quantitative estimate of drug-likeness (QED) is 0.888. The zero-order valence-corrected chi connectivity index (χ0v) is 14.8. The molecule has 1 heterocycles. The Morgan fingerprint density at radius 2 is 2.08 bits per heavy atom. The van der Waals surface area contributed by atoms with E-state index in [0.717, 1.165) is 37.5 Å². The molecular weight excluding hydrogens is 296 g/mol. The molecule has 0 saturated heterocycles. The Morgan fingerprint density at radius 1 is 1.25 bits per heavy atom. The molecule has 2 aromatic rings. The van der Waals surface area contributed by atoms with Crippen LogP contribution in [0.15, 0.2) is 47.5 Å². The summed E-state index contributed by atoms with van der Waals surface area (Å²) in [5, 5.41) is 3.45. The number of amidine groups is 1. The number of benzene rings is 2. The molecule has 3 nitrogen and oxygen atoms in total. The van der Waals surface area contributed by atoms with Crippen LogP contribution in [0.3, 0.4) is 0 Å². The van der Waals surface area contributed by atoms with Gasteiger partial charge in [0.25, 0.3) is 0 Å². The summed E-state index contributed by atoms with van der Waals surface area (Å²) >= 11 is 0. The van der Waals surface area contributed by atoms with E-state index in [0.29, 0.717) is 5.92 Å². The number of nitrogens with one attached hydrogen (secondary N) is 1. The molecule has 3 heteroatoms. The van der Waals surface area contributed by atoms with Gasteiger partial charge in [0, 0.05) is 20.1 Å². The Morgan fingerprint density at radius 3 is 2.83 bits per heavy atom. The highest BCUT2D eigenvalue weighted by atomic mass is 16.5. The van der Waals surface area contributed by atoms with Crippen LogP contribution in [0.5, 0.6) is 5.75 Å². The van der Waals surface area contributed by atoms with Crippen LogP contribution in [-0.4, -0.2) is 26.0 Å². The van der Waals surface area contributed by atoms with Gasteiger partial charge in [0.05, 0.1) is 7.11 Å². The zero-order valence-electron chi connectivity index (χ0n) is 14.8. The molecule has 1 aliphatic heterocycles. The third-order valence-electron chi connectivity index (χ3n) is 4.61. The number of aliphatic imine (C=N–C) groups is 1. The molecule has 0 aliphatic carbocycles. The Kier molecular flexibility index (Phi) is 5.19. The first-order valence-electron chi connectivity index (χ1n) is 8.70. The van der Waals surface area contributed by atoms with Gasteiger partial charge in [0.2, 0.25) is 0 Å². The number of rotatable bonds is 5. The summed E-state index contributed by atoms with van der Waals surface area (Å²) in [6, 6.07) is 15.0. The Balaban J connectivity index is 0.00000225. The van der Waals surface area contributed by atoms with Crippen LogP contribution in [-0.2, 0) is 6.42 Å². The molecule has 0 amide bonds. The molecule has 24 heavy (non-hydrogen) atoms. The first kappa shape index (κ1) is 16.6. The van der Waals surface area contributed by atoms with E-state index < -0.39 is 0 Å². The molecule has 0 aromatic heterocycles. The molecule has 1 aliphatic rings. The van der Waals surface area contributed by atoms with Crippen molar-refractivity contribution in [3.05, 3.63) is 64.7 Å². The lowest BCUT2D eigenvalue weighted by Crippen LogP contribution is -2.31. The van der Waals surface area contributed by atoms with Gasteiger partial charge < -0.3 is 10.1 Å². The fourth-order valence-corrected chi connectivity index (χ4v) is 3.36. The number of hydrogen-bond acceptors (Lipinski definition) is 3. The summed E-state index contributed by atoms with van der Waals surface area (Å²) < 4.78 is 5.55. The van der Waals surface area contributed by atoms with E-state index in [9.17, 15) is 0 Å². The third-order valence-corrected chi connectivity index (χ3v) is 4.61. The van der Waals surface area contributed by atoms with Gasteiger partial charge >= 0.3 is 0 Å². The minimum Gasteiger partial charge on any atom is -0.496 e. The molecule has 1 N–H and O–H groups in total. The molecule has 3 rings (SSSR count). The van der Waals surface area contributed by atoms with Crippen LogP contribution < -0.4 is 10.1 Å². The molecule has 2 aromatic carbocycles. The second-order valence-electron chi connectivity index (χ2n) is 6.52. The maximum Gasteiger partial charge on any atom is 0.128 e. The summed E-state index contributed by atoms with van der Waals surface area (Å²) in [5.74, 6) is 2.40. The van der Waals surface area contributed by atoms with E-state index in [1.807, 2.05) is 0 Å². The summed E-state index contributed by atoms with van der Waals surface area (Å²) in [4.78, 5) is 4.68. The van der Waals surface area contributed by atoms with E-state index in [1.54, 1.807) is 7.11 Å². The van der Waals surface area contributed by atoms with Crippen molar-refractivity contribution in [3.63, 3.8) is 0 Å². The Bertz CT molecular complexity index is 742. The number of nitrogens with zero attached hydrogens (tertiary/aromatic N) is 1. The van der Waals surface area contributed by atoms with Crippen molar-refractivity contribution in [3.8, 4) is 5.75 Å². The van der Waals surface area contributed by atoms with Crippen molar-refractivity contribution in [2.45, 2.75) is 32.6 Å². The van der Waals surface area contributed by atoms with Crippen molar-refractivity contribution < 1.29 is 6.16 Å². The lowest BCUT2D eigenvalue weighted by Gasteiger charge is -2.21. The van der Waals surface area contributed by atoms with Crippen LogP contribution in [0, 0.1) is 6.92 Å². The van der Waals surface area contributed by atoms with E-state index in [2.05, 4.69) is 66.6 Å². The SMILES string of the molecule is COc1ccc(C)cc1CC(C)c1ccccc1C1=NCCCN1.[HH]. The van der Waals surface area contributed by atoms with E-state index in [4.69, 9.17) is 4.74 Å². The molecule has 1 unspecified atom stereocenters. The summed E-state index contributed by atoms with van der Waals surface area (Å²) in [7, 11) is 1.74. The van der Waals surface area contributed by atoms with Crippen LogP contribution in [0.2, 0.25) is 0 Å². The average molecular weight is 324 g/mol. The van der Waals surface area contributed by atoms with Crippen LogP contribution in [0.4, 0.5) is 0 Å². The number of aryl methyl sites for hydroxylation is 1. The predicted molar refractivity (Wildman–Crippen MR) is 102 cm³/mol. The summed E-state index contributed by atoms with van der Waals surface area (Å²) in [6.45, 7) is 6.33. The molecule has 128 valence electrons. The second-order valence-corrected chi connectivity index (χ2v) is 6.52. The second kappa shape index (κ2) is 7.52. The average Bonchev–Trinajstić information content (AvgIpc) is 2.62. The minimum absolute atomic E-state index is 0. The van der Waals surface area contributed by atoms with Crippen molar-refractivity contribution >= 4 is 5.84 Å². The van der Waals surface area contributed by atoms with Gasteiger partial charge in [0.15, 0.2) is 0 Å². The first-order valence-corrected chi connectivity index (χ1v) is 8.70. The third kappa shape index (κ3) is 3.61. The number of hydrogen-bond donors (Lipinski definition) is 1. The highest BCUT2D eigenvalue weighted by Gasteiger charge is 2.17. The Hall–Kier alpha value is -2.29. The van der Waals surface area contributed by atoms with Crippen LogP contribution in [0.1, 0.15) is 42.9 Å². The van der Waals surface area contributed by atoms with Crippen LogP contribution >= 0.6 is 0 Å². The highest BCUT2D eigenvalue weighted by molar-refractivity contribution is 6.00. The number of methoxy groups -OCH3 is 1. The fourth-order valence-electron chi connectivity index (χ4n) is 3.36. The zero-order chi connectivity index (χ0) is 16.9. The minimum atomic E-state index is 0. The highest BCUT2D eigenvalue weighted by Crippen LogP contribution is 2.29. The maximum atomic E-state index is 5.55. The molecular formula is C21H28N2O. The number of ether oxygens (including phenoxy) is 1. The molecule has 0 saturated carbocycles. The lowest BCUT2D eigenvalue weighted by molar-refractivity contribution is 0.408. The first-order chi connectivity index (χ1) is 11.7. The molecule has 0 fully saturated rings. The van der Waals surface area contributed by atoms with Gasteiger partial charge in [-0.15, -0.1) is 0 Å². The van der Waals surface area contributed by atoms with Gasteiger partial charge in [-0.25, -0.2) is 0 Å². The van der Waals surface area contributed by atoms with Gasteiger partial charge in [-0.3, -0.25) is 4.99 Å². The molecule has 0 spiro atoms. The van der Waals surface area contributed by atoms with Crippen molar-refractivity contribution in [1.82, 2.24) is 5.32 Å². The Labute approximate surface area is 146 Å². The fraction of sp³-hybridized carbons (Fsp3) is 0.381. The van der Waals surface area contributed by atoms with Gasteiger partial charge in [0.1, 0.15) is 11.6 Å². The van der Waals surface area contributed by atoms with Crippen molar-refractivity contribution in [1.29, 1.82) is 0 Å². The lowest BCUT2D eigenvalue weighted by atomic mass is 9.89. The largest absolute Gasteiger partial charge is 0.496 e. The van der Waals surface area contributed by atoms with E-state index in [1.165, 1.54) is 22.3 Å². The maximum absolute atomic E-state index is 5.55. The monoisotopic (exact) mass is 324 g/mol. The summed E-state index contributed by atoms with van der Waals surface area (Å²) in [6.07, 6.45) is 2.07. The predicted octanol–water partition coefficient (Wildman–Crippen LogP) is 4.34. The smallest absolute Gasteiger partial charge is 0.128 e. The normalized spacial score (nSPS) is 15.4.